The Kier molecular flexibility index (Phi) is 5.70. The van der Waals surface area contributed by atoms with Crippen LogP contribution in [0.3, 0.4) is 0 Å². The molecule has 0 atom stereocenters. The zero-order valence-electron chi connectivity index (χ0n) is 16.8. The van der Waals surface area contributed by atoms with Gasteiger partial charge in [-0.05, 0) is 72.9 Å². The smallest absolute Gasteiger partial charge is 0.197 e. The molecule has 0 amide bonds. The second-order valence-corrected chi connectivity index (χ2v) is 8.69. The summed E-state index contributed by atoms with van der Waals surface area (Å²) in [4.78, 5) is 13.1. The van der Waals surface area contributed by atoms with E-state index in [0.29, 0.717) is 34.3 Å². The Morgan fingerprint density at radius 2 is 1.04 bits per heavy atom. The van der Waals surface area contributed by atoms with Crippen molar-refractivity contribution in [2.24, 2.45) is 0 Å². The lowest BCUT2D eigenvalue weighted by molar-refractivity contribution is 0.104. The summed E-state index contributed by atoms with van der Waals surface area (Å²) in [5, 5.41) is 0. The van der Waals surface area contributed by atoms with Gasteiger partial charge in [0.1, 0.15) is 0 Å². The minimum Gasteiger partial charge on any atom is -0.398 e. The topological polar surface area (TPSA) is 69.1 Å². The summed E-state index contributed by atoms with van der Waals surface area (Å²) >= 11 is 0. The molecule has 0 unspecified atom stereocenters. The molecule has 0 heterocycles. The third-order valence-corrected chi connectivity index (χ3v) is 6.79. The van der Waals surface area contributed by atoms with Crippen LogP contribution in [0.2, 0.25) is 0 Å². The molecule has 4 N–H and O–H groups in total. The average Bonchev–Trinajstić information content (AvgIpc) is 2.74. The molecule has 0 spiro atoms. The number of nitrogen functional groups attached to an aromatic ring is 2. The Bertz CT molecular complexity index is 776. The number of anilines is 2. The molecule has 2 aromatic rings. The van der Waals surface area contributed by atoms with Crippen LogP contribution < -0.4 is 11.5 Å². The number of carbonyl (C=O) groups excluding carboxylic acids is 1. The van der Waals surface area contributed by atoms with Crippen molar-refractivity contribution in [2.45, 2.75) is 76.0 Å². The van der Waals surface area contributed by atoms with Gasteiger partial charge in [0.25, 0.3) is 0 Å². The van der Waals surface area contributed by atoms with E-state index in [0.717, 1.165) is 0 Å². The molecule has 0 bridgehead atoms. The highest BCUT2D eigenvalue weighted by Crippen LogP contribution is 2.36. The van der Waals surface area contributed by atoms with Gasteiger partial charge >= 0.3 is 0 Å². The van der Waals surface area contributed by atoms with E-state index in [-0.39, 0.29) is 5.78 Å². The molecule has 2 fully saturated rings. The number of rotatable bonds is 4. The maximum Gasteiger partial charge on any atom is 0.197 e. The van der Waals surface area contributed by atoms with Crippen molar-refractivity contribution in [1.29, 1.82) is 0 Å². The van der Waals surface area contributed by atoms with E-state index < -0.39 is 0 Å². The predicted octanol–water partition coefficient (Wildman–Crippen LogP) is 6.18. The molecular formula is C25H32N2O. The second kappa shape index (κ2) is 8.38. The molecule has 148 valence electrons. The van der Waals surface area contributed by atoms with Gasteiger partial charge in [0, 0.05) is 22.5 Å². The Labute approximate surface area is 168 Å². The monoisotopic (exact) mass is 376 g/mol. The van der Waals surface area contributed by atoms with E-state index in [1.54, 1.807) is 0 Å². The lowest BCUT2D eigenvalue weighted by Gasteiger charge is -2.23. The van der Waals surface area contributed by atoms with Gasteiger partial charge in [0.2, 0.25) is 0 Å². The Hall–Kier alpha value is -2.29. The molecule has 28 heavy (non-hydrogen) atoms. The summed E-state index contributed by atoms with van der Waals surface area (Å²) in [6, 6.07) is 12.0. The van der Waals surface area contributed by atoms with E-state index >= 15 is 0 Å². The highest BCUT2D eigenvalue weighted by atomic mass is 16.1. The van der Waals surface area contributed by atoms with Crippen LogP contribution in [0.25, 0.3) is 0 Å². The molecule has 2 aliphatic rings. The van der Waals surface area contributed by atoms with Crippen LogP contribution in [0, 0.1) is 0 Å². The van der Waals surface area contributed by atoms with Gasteiger partial charge in [-0.3, -0.25) is 4.79 Å². The van der Waals surface area contributed by atoms with Crippen LogP contribution in [-0.2, 0) is 0 Å². The fourth-order valence-electron chi connectivity index (χ4n) is 5.10. The Morgan fingerprint density at radius 1 is 0.643 bits per heavy atom. The van der Waals surface area contributed by atoms with Crippen molar-refractivity contribution in [3.63, 3.8) is 0 Å². The normalized spacial score (nSPS) is 18.9. The van der Waals surface area contributed by atoms with Crippen molar-refractivity contribution >= 4 is 17.2 Å². The van der Waals surface area contributed by atoms with Crippen LogP contribution in [0.4, 0.5) is 11.4 Å². The van der Waals surface area contributed by atoms with E-state index in [9.17, 15) is 4.79 Å². The molecule has 0 aromatic heterocycles. The number of hydrogen-bond acceptors (Lipinski definition) is 3. The van der Waals surface area contributed by atoms with Crippen LogP contribution >= 0.6 is 0 Å². The summed E-state index contributed by atoms with van der Waals surface area (Å²) in [7, 11) is 0. The van der Waals surface area contributed by atoms with Gasteiger partial charge in [0.05, 0.1) is 0 Å². The van der Waals surface area contributed by atoms with Gasteiger partial charge in [-0.2, -0.15) is 0 Å². The summed E-state index contributed by atoms with van der Waals surface area (Å²) in [6.07, 6.45) is 12.7. The molecule has 0 aliphatic heterocycles. The first-order valence-corrected chi connectivity index (χ1v) is 11.0. The minimum absolute atomic E-state index is 0.0691. The van der Waals surface area contributed by atoms with Crippen molar-refractivity contribution in [2.75, 3.05) is 11.5 Å². The third-order valence-electron chi connectivity index (χ3n) is 6.79. The van der Waals surface area contributed by atoms with Crippen molar-refractivity contribution < 1.29 is 4.79 Å². The number of carbonyl (C=O) groups is 1. The largest absolute Gasteiger partial charge is 0.398 e. The first-order chi connectivity index (χ1) is 13.6. The van der Waals surface area contributed by atoms with Gasteiger partial charge < -0.3 is 11.5 Å². The molecule has 3 heteroatoms. The number of nitrogens with two attached hydrogens (primary N) is 2. The molecule has 0 saturated heterocycles. The zero-order valence-corrected chi connectivity index (χ0v) is 16.8. The van der Waals surface area contributed by atoms with Crippen molar-refractivity contribution in [3.05, 3.63) is 58.7 Å². The first kappa shape index (κ1) is 19.0. The van der Waals surface area contributed by atoms with E-state index in [2.05, 4.69) is 12.1 Å². The molecular weight excluding hydrogens is 344 g/mol. The zero-order chi connectivity index (χ0) is 19.5. The minimum atomic E-state index is -0.0691. The van der Waals surface area contributed by atoms with E-state index in [1.165, 1.54) is 75.3 Å². The molecule has 3 nitrogen and oxygen atoms in total. The molecule has 0 radical (unpaired) electrons. The first-order valence-electron chi connectivity index (χ1n) is 11.0. The van der Waals surface area contributed by atoms with Crippen LogP contribution in [0.5, 0.6) is 0 Å². The van der Waals surface area contributed by atoms with Gasteiger partial charge in [0.15, 0.2) is 5.78 Å². The van der Waals surface area contributed by atoms with Crippen molar-refractivity contribution in [1.82, 2.24) is 0 Å². The second-order valence-electron chi connectivity index (χ2n) is 8.69. The highest BCUT2D eigenvalue weighted by molar-refractivity contribution is 6.14. The lowest BCUT2D eigenvalue weighted by atomic mass is 9.82. The summed E-state index contributed by atoms with van der Waals surface area (Å²) in [5.41, 5.74) is 17.4. The molecule has 2 saturated carbocycles. The lowest BCUT2D eigenvalue weighted by Crippen LogP contribution is -2.11. The summed E-state index contributed by atoms with van der Waals surface area (Å²) < 4.78 is 0. The molecule has 4 rings (SSSR count). The number of benzene rings is 2. The Balaban J connectivity index is 1.55. The molecule has 2 aromatic carbocycles. The van der Waals surface area contributed by atoms with Gasteiger partial charge in [-0.1, -0.05) is 50.7 Å². The van der Waals surface area contributed by atoms with Crippen LogP contribution in [0.15, 0.2) is 36.4 Å². The summed E-state index contributed by atoms with van der Waals surface area (Å²) in [5.74, 6) is 1.10. The van der Waals surface area contributed by atoms with Crippen LogP contribution in [-0.4, -0.2) is 5.78 Å². The predicted molar refractivity (Wildman–Crippen MR) is 117 cm³/mol. The standard InChI is InChI=1S/C25H32N2O/c26-23-15-19(17-7-3-1-4-8-17)11-13-21(23)25(28)22-14-12-20(16-24(22)27)18-9-5-2-6-10-18/h11-18H,1-10,26-27H2. The van der Waals surface area contributed by atoms with Gasteiger partial charge in [-0.15, -0.1) is 0 Å². The van der Waals surface area contributed by atoms with Crippen molar-refractivity contribution in [3.8, 4) is 0 Å². The quantitative estimate of drug-likeness (QED) is 0.494. The van der Waals surface area contributed by atoms with E-state index in [1.807, 2.05) is 24.3 Å². The maximum atomic E-state index is 13.1. The van der Waals surface area contributed by atoms with E-state index in [4.69, 9.17) is 11.5 Å². The average molecular weight is 377 g/mol. The fourth-order valence-corrected chi connectivity index (χ4v) is 5.10. The highest BCUT2D eigenvalue weighted by Gasteiger charge is 2.21. The van der Waals surface area contributed by atoms with Crippen LogP contribution in [0.1, 0.15) is 103 Å². The molecule has 2 aliphatic carbocycles. The van der Waals surface area contributed by atoms with Gasteiger partial charge in [-0.25, -0.2) is 0 Å². The Morgan fingerprint density at radius 3 is 1.39 bits per heavy atom. The SMILES string of the molecule is Nc1cc(C2CCCCC2)ccc1C(=O)c1ccc(C2CCCCC2)cc1N. The number of hydrogen-bond donors (Lipinski definition) is 2. The summed E-state index contributed by atoms with van der Waals surface area (Å²) in [6.45, 7) is 0. The third kappa shape index (κ3) is 3.94. The number of ketones is 1. The fraction of sp³-hybridized carbons (Fsp3) is 0.480. The maximum absolute atomic E-state index is 13.1.